The van der Waals surface area contributed by atoms with E-state index in [1.165, 1.54) is 0 Å². The summed E-state index contributed by atoms with van der Waals surface area (Å²) in [6, 6.07) is 0. The minimum absolute atomic E-state index is 0.0877. The van der Waals surface area contributed by atoms with Gasteiger partial charge in [-0.25, -0.2) is 0 Å². The van der Waals surface area contributed by atoms with Crippen LogP contribution in [0, 0.1) is 0 Å². The predicted molar refractivity (Wildman–Crippen MR) is 47.6 cm³/mol. The first-order valence-electron chi connectivity index (χ1n) is 4.05. The molecule has 0 rings (SSSR count). The number of carbonyl (C=O) groups is 1. The third-order valence-electron chi connectivity index (χ3n) is 1.24. The van der Waals surface area contributed by atoms with Crippen molar-refractivity contribution in [3.63, 3.8) is 0 Å². The van der Waals surface area contributed by atoms with Gasteiger partial charge in [0, 0.05) is 12.2 Å². The molecule has 0 aromatic rings. The topological polar surface area (TPSA) is 26.3 Å². The first-order valence-corrected chi connectivity index (χ1v) is 4.62. The summed E-state index contributed by atoms with van der Waals surface area (Å²) in [4.78, 5) is 10.8. The van der Waals surface area contributed by atoms with E-state index >= 15 is 0 Å². The van der Waals surface area contributed by atoms with Gasteiger partial charge in [0.2, 0.25) is 0 Å². The number of hydrogen-bond donors (Lipinski definition) is 0. The smallest absolute Gasteiger partial charge is 0.305 e. The summed E-state index contributed by atoms with van der Waals surface area (Å²) < 4.78 is 4.86. The van der Waals surface area contributed by atoms with Crippen LogP contribution in [-0.4, -0.2) is 18.3 Å². The fourth-order valence-corrected chi connectivity index (χ4v) is 0.864. The molecule has 3 heteroatoms. The third-order valence-corrected chi connectivity index (χ3v) is 1.53. The zero-order chi connectivity index (χ0) is 8.53. The fraction of sp³-hybridized carbons (Fsp3) is 0.875. The van der Waals surface area contributed by atoms with Gasteiger partial charge in [-0.2, -0.15) is 0 Å². The maximum Gasteiger partial charge on any atom is 0.305 e. The van der Waals surface area contributed by atoms with Gasteiger partial charge >= 0.3 is 5.97 Å². The Morgan fingerprint density at radius 2 is 2.18 bits per heavy atom. The van der Waals surface area contributed by atoms with E-state index in [1.807, 2.05) is 6.92 Å². The summed E-state index contributed by atoms with van der Waals surface area (Å²) in [6.07, 6.45) is 3.23. The van der Waals surface area contributed by atoms with Gasteiger partial charge in [-0.15, -0.1) is 0 Å². The largest absolute Gasteiger partial charge is 0.466 e. The number of rotatable bonds is 6. The summed E-state index contributed by atoms with van der Waals surface area (Å²) in [5.41, 5.74) is 0. The van der Waals surface area contributed by atoms with Gasteiger partial charge in [0.25, 0.3) is 0 Å². The van der Waals surface area contributed by atoms with Crippen molar-refractivity contribution in [2.24, 2.45) is 0 Å². The Bertz CT molecular complexity index is 104. The van der Waals surface area contributed by atoms with E-state index < -0.39 is 0 Å². The Morgan fingerprint density at radius 3 is 2.73 bits per heavy atom. The molecule has 0 atom stereocenters. The molecule has 65 valence electrons. The average molecular weight is 175 g/mol. The Morgan fingerprint density at radius 1 is 1.45 bits per heavy atom. The molecule has 0 aliphatic heterocycles. The minimum atomic E-state index is -0.0877. The monoisotopic (exact) mass is 175 g/mol. The van der Waals surface area contributed by atoms with Crippen LogP contribution in [0.1, 0.15) is 32.6 Å². The molecule has 0 aromatic carbocycles. The predicted octanol–water partition coefficient (Wildman–Crippen LogP) is 2.31. The lowest BCUT2D eigenvalue weighted by atomic mass is 10.2. The number of carbonyl (C=O) groups excluding carboxylic acids is 1. The normalized spacial score (nSPS) is 9.64. The van der Waals surface area contributed by atoms with Crippen LogP contribution in [0.4, 0.5) is 0 Å². The van der Waals surface area contributed by atoms with Crippen molar-refractivity contribution in [1.29, 1.82) is 0 Å². The zero-order valence-corrected chi connectivity index (χ0v) is 7.78. The number of esters is 1. The standard InChI is InChI=1S/C8H15O2S/c1-2-6-10-8(9)5-3-4-7-11/h2-7H2,1H3. The Kier molecular flexibility index (Phi) is 7.79. The number of ether oxygens (including phenoxy) is 1. The van der Waals surface area contributed by atoms with Crippen molar-refractivity contribution in [2.45, 2.75) is 32.6 Å². The lowest BCUT2D eigenvalue weighted by Gasteiger charge is -2.00. The van der Waals surface area contributed by atoms with Crippen LogP contribution in [0.3, 0.4) is 0 Å². The highest BCUT2D eigenvalue weighted by Gasteiger charge is 1.99. The molecule has 0 N–H and O–H groups in total. The first-order chi connectivity index (χ1) is 5.31. The van der Waals surface area contributed by atoms with E-state index in [9.17, 15) is 4.79 Å². The second-order valence-corrected chi connectivity index (χ2v) is 2.79. The third kappa shape index (κ3) is 7.72. The molecular weight excluding hydrogens is 160 g/mol. The van der Waals surface area contributed by atoms with Gasteiger partial charge in [-0.05, 0) is 19.3 Å². The summed E-state index contributed by atoms with van der Waals surface area (Å²) in [6.45, 7) is 2.53. The maximum absolute atomic E-state index is 10.8. The van der Waals surface area contributed by atoms with Crippen molar-refractivity contribution in [1.82, 2.24) is 0 Å². The molecule has 0 spiro atoms. The van der Waals surface area contributed by atoms with E-state index in [4.69, 9.17) is 17.4 Å². The molecule has 0 aliphatic rings. The maximum atomic E-state index is 10.8. The molecular formula is C8H15O2S. The second-order valence-electron chi connectivity index (χ2n) is 2.38. The van der Waals surface area contributed by atoms with Gasteiger partial charge < -0.3 is 4.74 Å². The summed E-state index contributed by atoms with van der Waals surface area (Å²) in [5, 5.41) is 0. The quantitative estimate of drug-likeness (QED) is 0.457. The summed E-state index contributed by atoms with van der Waals surface area (Å²) in [7, 11) is 0. The summed E-state index contributed by atoms with van der Waals surface area (Å²) in [5.74, 6) is 0.649. The van der Waals surface area contributed by atoms with E-state index in [1.54, 1.807) is 0 Å². The van der Waals surface area contributed by atoms with Crippen molar-refractivity contribution in [3.8, 4) is 0 Å². The average Bonchev–Trinajstić information content (AvgIpc) is 2.01. The van der Waals surface area contributed by atoms with Crippen LogP contribution in [0.25, 0.3) is 0 Å². The Hall–Kier alpha value is -0.180. The SMILES string of the molecule is CCCOC(=O)CCCC[S]. The zero-order valence-electron chi connectivity index (χ0n) is 6.97. The number of hydrogen-bond acceptors (Lipinski definition) is 2. The molecule has 0 saturated heterocycles. The molecule has 0 bridgehead atoms. The van der Waals surface area contributed by atoms with Crippen molar-refractivity contribution >= 4 is 18.6 Å². The molecule has 0 heterocycles. The highest BCUT2D eigenvalue weighted by atomic mass is 32.1. The van der Waals surface area contributed by atoms with Crippen LogP contribution in [0.15, 0.2) is 0 Å². The van der Waals surface area contributed by atoms with Crippen molar-refractivity contribution in [2.75, 3.05) is 12.4 Å². The van der Waals surface area contributed by atoms with Gasteiger partial charge in [0.15, 0.2) is 0 Å². The molecule has 0 aliphatic carbocycles. The van der Waals surface area contributed by atoms with Crippen LogP contribution in [0.5, 0.6) is 0 Å². The van der Waals surface area contributed by atoms with Crippen molar-refractivity contribution in [3.05, 3.63) is 0 Å². The second kappa shape index (κ2) is 7.92. The van der Waals surface area contributed by atoms with E-state index in [0.717, 1.165) is 25.0 Å². The van der Waals surface area contributed by atoms with Gasteiger partial charge in [-0.1, -0.05) is 19.6 Å². The van der Waals surface area contributed by atoms with Crippen LogP contribution < -0.4 is 0 Å². The van der Waals surface area contributed by atoms with E-state index in [2.05, 4.69) is 0 Å². The minimum Gasteiger partial charge on any atom is -0.466 e. The molecule has 0 saturated carbocycles. The van der Waals surface area contributed by atoms with Crippen LogP contribution in [0.2, 0.25) is 0 Å². The number of unbranched alkanes of at least 4 members (excludes halogenated alkanes) is 1. The Balaban J connectivity index is 3.09. The molecule has 1 radical (unpaired) electrons. The van der Waals surface area contributed by atoms with Gasteiger partial charge in [-0.3, -0.25) is 4.79 Å². The molecule has 0 aromatic heterocycles. The fourth-order valence-electron chi connectivity index (χ4n) is 0.659. The molecule has 0 unspecified atom stereocenters. The highest BCUT2D eigenvalue weighted by molar-refractivity contribution is 7.80. The molecule has 11 heavy (non-hydrogen) atoms. The first kappa shape index (κ1) is 10.8. The summed E-state index contributed by atoms with van der Waals surface area (Å²) >= 11 is 4.74. The Labute approximate surface area is 73.7 Å². The molecule has 0 fully saturated rings. The van der Waals surface area contributed by atoms with Crippen LogP contribution >= 0.6 is 12.6 Å². The molecule has 2 nitrogen and oxygen atoms in total. The highest BCUT2D eigenvalue weighted by Crippen LogP contribution is 1.98. The van der Waals surface area contributed by atoms with Gasteiger partial charge in [0.05, 0.1) is 6.61 Å². The lowest BCUT2D eigenvalue weighted by Crippen LogP contribution is -2.04. The molecule has 0 amide bonds. The lowest BCUT2D eigenvalue weighted by molar-refractivity contribution is -0.143. The van der Waals surface area contributed by atoms with Gasteiger partial charge in [0.1, 0.15) is 0 Å². The van der Waals surface area contributed by atoms with Crippen LogP contribution in [-0.2, 0) is 9.53 Å². The van der Waals surface area contributed by atoms with E-state index in [0.29, 0.717) is 13.0 Å². The van der Waals surface area contributed by atoms with E-state index in [-0.39, 0.29) is 5.97 Å². The van der Waals surface area contributed by atoms with Crippen molar-refractivity contribution < 1.29 is 9.53 Å².